The van der Waals surface area contributed by atoms with Crippen molar-refractivity contribution < 1.29 is 9.53 Å². The second-order valence-electron chi connectivity index (χ2n) is 2.30. The molecule has 0 N–H and O–H groups in total. The van der Waals surface area contributed by atoms with Crippen molar-refractivity contribution in [2.45, 2.75) is 6.92 Å². The molecule has 1 aromatic rings. The van der Waals surface area contributed by atoms with Gasteiger partial charge in [-0.1, -0.05) is 6.58 Å². The summed E-state index contributed by atoms with van der Waals surface area (Å²) < 4.78 is 5.80. The minimum atomic E-state index is -0.350. The van der Waals surface area contributed by atoms with E-state index in [1.54, 1.807) is 6.92 Å². The van der Waals surface area contributed by atoms with E-state index >= 15 is 0 Å². The zero-order valence-electron chi connectivity index (χ0n) is 7.17. The van der Waals surface area contributed by atoms with E-state index in [1.807, 2.05) is 12.1 Å². The fourth-order valence-corrected chi connectivity index (χ4v) is 2.14. The number of halogens is 1. The number of ether oxygens (including phenoxy) is 1. The lowest BCUT2D eigenvalue weighted by Crippen LogP contribution is -2.04. The first-order chi connectivity index (χ1) is 6.15. The molecule has 13 heavy (non-hydrogen) atoms. The second kappa shape index (κ2) is 4.58. The predicted molar refractivity (Wildman–Crippen MR) is 57.7 cm³/mol. The average Bonchev–Trinajstić information content (AvgIpc) is 2.51. The van der Waals surface area contributed by atoms with Gasteiger partial charge in [0, 0.05) is 4.88 Å². The van der Waals surface area contributed by atoms with Crippen LogP contribution in [0.5, 0.6) is 0 Å². The summed E-state index contributed by atoms with van der Waals surface area (Å²) in [6, 6.07) is 3.72. The number of rotatable bonds is 3. The van der Waals surface area contributed by atoms with E-state index < -0.39 is 0 Å². The van der Waals surface area contributed by atoms with E-state index in [0.29, 0.717) is 12.2 Å². The summed E-state index contributed by atoms with van der Waals surface area (Å²) in [6.07, 6.45) is 0. The van der Waals surface area contributed by atoms with E-state index in [9.17, 15) is 4.79 Å². The first kappa shape index (κ1) is 10.5. The van der Waals surface area contributed by atoms with Gasteiger partial charge < -0.3 is 4.74 Å². The third-order valence-electron chi connectivity index (χ3n) is 1.39. The zero-order valence-corrected chi connectivity index (χ0v) is 9.57. The van der Waals surface area contributed by atoms with E-state index in [-0.39, 0.29) is 5.97 Å². The Morgan fingerprint density at radius 2 is 2.38 bits per heavy atom. The van der Waals surface area contributed by atoms with Crippen molar-refractivity contribution in [3.8, 4) is 0 Å². The normalized spacial score (nSPS) is 9.69. The molecule has 0 radical (unpaired) electrons. The summed E-state index contributed by atoms with van der Waals surface area (Å²) in [5, 5.41) is 0. The number of hydrogen-bond donors (Lipinski definition) is 0. The van der Waals surface area contributed by atoms with Crippen LogP contribution in [0.1, 0.15) is 11.8 Å². The Kier molecular flexibility index (Phi) is 3.69. The van der Waals surface area contributed by atoms with Gasteiger partial charge in [0.2, 0.25) is 0 Å². The van der Waals surface area contributed by atoms with Crippen molar-refractivity contribution >= 4 is 38.8 Å². The van der Waals surface area contributed by atoms with Crippen molar-refractivity contribution in [1.29, 1.82) is 0 Å². The van der Waals surface area contributed by atoms with E-state index in [4.69, 9.17) is 4.74 Å². The smallest absolute Gasteiger partial charge is 0.338 e. The van der Waals surface area contributed by atoms with E-state index in [1.165, 1.54) is 11.3 Å². The molecule has 0 aromatic carbocycles. The molecule has 0 saturated carbocycles. The first-order valence-corrected chi connectivity index (χ1v) is 5.37. The summed E-state index contributed by atoms with van der Waals surface area (Å²) >= 11 is 4.78. The molecule has 1 rings (SSSR count). The van der Waals surface area contributed by atoms with E-state index in [0.717, 1.165) is 8.66 Å². The lowest BCUT2D eigenvalue weighted by Gasteiger charge is -2.01. The molecule has 0 unspecified atom stereocenters. The van der Waals surface area contributed by atoms with Gasteiger partial charge in [-0.3, -0.25) is 0 Å². The highest BCUT2D eigenvalue weighted by atomic mass is 79.9. The lowest BCUT2D eigenvalue weighted by molar-refractivity contribution is -0.136. The molecule has 1 heterocycles. The minimum Gasteiger partial charge on any atom is -0.462 e. The predicted octanol–water partition coefficient (Wildman–Crippen LogP) is 3.09. The molecular formula is C9H9BrO2S. The van der Waals surface area contributed by atoms with Crippen molar-refractivity contribution in [1.82, 2.24) is 0 Å². The summed E-state index contributed by atoms with van der Waals surface area (Å²) in [7, 11) is 0. The summed E-state index contributed by atoms with van der Waals surface area (Å²) in [6.45, 7) is 5.82. The fraction of sp³-hybridized carbons (Fsp3) is 0.222. The largest absolute Gasteiger partial charge is 0.462 e. The molecule has 0 bridgehead atoms. The second-order valence-corrected chi connectivity index (χ2v) is 4.77. The number of carbonyl (C=O) groups excluding carboxylic acids is 1. The third-order valence-corrected chi connectivity index (χ3v) is 3.08. The Morgan fingerprint density at radius 3 is 2.85 bits per heavy atom. The molecule has 0 aliphatic carbocycles. The SMILES string of the molecule is C=C(C(=O)OCC)c1ccc(Br)s1. The lowest BCUT2D eigenvalue weighted by atomic mass is 10.2. The van der Waals surface area contributed by atoms with Crippen molar-refractivity contribution in [2.75, 3.05) is 6.61 Å². The number of hydrogen-bond acceptors (Lipinski definition) is 3. The van der Waals surface area contributed by atoms with Crippen molar-refractivity contribution in [2.24, 2.45) is 0 Å². The highest BCUT2D eigenvalue weighted by Crippen LogP contribution is 2.27. The summed E-state index contributed by atoms with van der Waals surface area (Å²) in [5.41, 5.74) is 0.414. The molecule has 4 heteroatoms. The first-order valence-electron chi connectivity index (χ1n) is 3.77. The van der Waals surface area contributed by atoms with Gasteiger partial charge in [0.25, 0.3) is 0 Å². The summed E-state index contributed by atoms with van der Waals surface area (Å²) in [5.74, 6) is -0.350. The van der Waals surface area contributed by atoms with Crippen LogP contribution in [0.15, 0.2) is 22.5 Å². The molecule has 0 atom stereocenters. The number of carbonyl (C=O) groups is 1. The topological polar surface area (TPSA) is 26.3 Å². The third kappa shape index (κ3) is 2.67. The highest BCUT2D eigenvalue weighted by Gasteiger charge is 2.11. The van der Waals surface area contributed by atoms with Gasteiger partial charge in [0.15, 0.2) is 0 Å². The maximum absolute atomic E-state index is 11.2. The van der Waals surface area contributed by atoms with Gasteiger partial charge in [-0.05, 0) is 35.0 Å². The van der Waals surface area contributed by atoms with E-state index in [2.05, 4.69) is 22.5 Å². The molecule has 1 aromatic heterocycles. The molecule has 0 aliphatic rings. The van der Waals surface area contributed by atoms with Gasteiger partial charge in [0.1, 0.15) is 0 Å². The van der Waals surface area contributed by atoms with Crippen LogP contribution in [0, 0.1) is 0 Å². The molecule has 0 saturated heterocycles. The van der Waals surface area contributed by atoms with Crippen LogP contribution in [0.25, 0.3) is 5.57 Å². The fourth-order valence-electron chi connectivity index (χ4n) is 0.795. The molecule has 0 fully saturated rings. The monoisotopic (exact) mass is 260 g/mol. The standard InChI is InChI=1S/C9H9BrO2S/c1-3-12-9(11)6(2)7-4-5-8(10)13-7/h4-5H,2-3H2,1H3. The Labute approximate surface area is 89.3 Å². The van der Waals surface area contributed by atoms with Crippen LogP contribution in [0.4, 0.5) is 0 Å². The maximum atomic E-state index is 11.2. The highest BCUT2D eigenvalue weighted by molar-refractivity contribution is 9.11. The molecule has 0 aliphatic heterocycles. The molecule has 2 nitrogen and oxygen atoms in total. The molecule has 70 valence electrons. The van der Waals surface area contributed by atoms with Crippen molar-refractivity contribution in [3.05, 3.63) is 27.4 Å². The minimum absolute atomic E-state index is 0.350. The van der Waals surface area contributed by atoms with Crippen LogP contribution in [0.2, 0.25) is 0 Å². The van der Waals surface area contributed by atoms with Crippen LogP contribution in [-0.2, 0) is 9.53 Å². The average molecular weight is 261 g/mol. The Morgan fingerprint density at radius 1 is 1.69 bits per heavy atom. The van der Waals surface area contributed by atoms with Crippen LogP contribution in [0.3, 0.4) is 0 Å². The Balaban J connectivity index is 2.73. The molecule has 0 amide bonds. The van der Waals surface area contributed by atoms with Crippen LogP contribution >= 0.6 is 27.3 Å². The van der Waals surface area contributed by atoms with Gasteiger partial charge >= 0.3 is 5.97 Å². The zero-order chi connectivity index (χ0) is 9.84. The van der Waals surface area contributed by atoms with Crippen LogP contribution in [-0.4, -0.2) is 12.6 Å². The number of esters is 1. The number of thiophene rings is 1. The van der Waals surface area contributed by atoms with Gasteiger partial charge in [0.05, 0.1) is 16.0 Å². The quantitative estimate of drug-likeness (QED) is 0.617. The van der Waals surface area contributed by atoms with Crippen molar-refractivity contribution in [3.63, 3.8) is 0 Å². The molecule has 0 spiro atoms. The Hall–Kier alpha value is -0.610. The van der Waals surface area contributed by atoms with Gasteiger partial charge in [-0.25, -0.2) is 4.79 Å². The van der Waals surface area contributed by atoms with Gasteiger partial charge in [-0.2, -0.15) is 0 Å². The van der Waals surface area contributed by atoms with Gasteiger partial charge in [-0.15, -0.1) is 11.3 Å². The van der Waals surface area contributed by atoms with Crippen LogP contribution < -0.4 is 0 Å². The maximum Gasteiger partial charge on any atom is 0.338 e. The Bertz CT molecular complexity index is 330. The summed E-state index contributed by atoms with van der Waals surface area (Å²) in [4.78, 5) is 12.1. The molecular weight excluding hydrogens is 252 g/mol.